The second kappa shape index (κ2) is 5.71. The van der Waals surface area contributed by atoms with E-state index in [1.54, 1.807) is 17.0 Å². The molecule has 0 unspecified atom stereocenters. The van der Waals surface area contributed by atoms with Crippen LogP contribution in [0.3, 0.4) is 0 Å². The van der Waals surface area contributed by atoms with Gasteiger partial charge in [-0.2, -0.15) is 5.10 Å². The lowest BCUT2D eigenvalue weighted by Gasteiger charge is -1.99. The first-order valence-electron chi connectivity index (χ1n) is 5.85. The van der Waals surface area contributed by atoms with Crippen LogP contribution in [0.25, 0.3) is 0 Å². The van der Waals surface area contributed by atoms with Crippen molar-refractivity contribution >= 4 is 17.6 Å². The summed E-state index contributed by atoms with van der Waals surface area (Å²) in [5.74, 6) is -0.298. The number of hydrogen-bond donors (Lipinski definition) is 2. The number of hydrogen-bond acceptors (Lipinski definition) is 5. The summed E-state index contributed by atoms with van der Waals surface area (Å²) >= 11 is 1.53. The van der Waals surface area contributed by atoms with Crippen molar-refractivity contribution in [2.24, 2.45) is 10.1 Å². The zero-order chi connectivity index (χ0) is 13.8. The maximum absolute atomic E-state index is 9.42. The van der Waals surface area contributed by atoms with Gasteiger partial charge in [0.1, 0.15) is 0 Å². The predicted octanol–water partition coefficient (Wildman–Crippen LogP) is 2.07. The fourth-order valence-electron chi connectivity index (χ4n) is 1.51. The van der Waals surface area contributed by atoms with Gasteiger partial charge in [0, 0.05) is 11.9 Å². The Morgan fingerprint density at radius 2 is 2.11 bits per heavy atom. The molecular formula is C13H15N3O2S. The van der Waals surface area contributed by atoms with Crippen molar-refractivity contribution in [3.05, 3.63) is 39.6 Å². The second-order valence-corrected chi connectivity index (χ2v) is 4.78. The minimum Gasteiger partial charge on any atom is -0.504 e. The highest BCUT2D eigenvalue weighted by Gasteiger charge is 2.00. The largest absolute Gasteiger partial charge is 0.504 e. The van der Waals surface area contributed by atoms with E-state index in [1.165, 1.54) is 23.5 Å². The molecular weight excluding hydrogens is 262 g/mol. The summed E-state index contributed by atoms with van der Waals surface area (Å²) in [5.41, 5.74) is 1.70. The van der Waals surface area contributed by atoms with Crippen molar-refractivity contribution in [1.29, 1.82) is 0 Å². The van der Waals surface area contributed by atoms with Crippen molar-refractivity contribution in [3.8, 4) is 11.5 Å². The molecule has 0 spiro atoms. The van der Waals surface area contributed by atoms with E-state index in [2.05, 4.69) is 10.1 Å². The molecule has 2 aromatic rings. The van der Waals surface area contributed by atoms with E-state index in [4.69, 9.17) is 0 Å². The average Bonchev–Trinajstić information content (AvgIpc) is 2.73. The quantitative estimate of drug-likeness (QED) is 0.666. The molecule has 0 radical (unpaired) electrons. The molecule has 100 valence electrons. The van der Waals surface area contributed by atoms with Gasteiger partial charge in [-0.3, -0.25) is 4.99 Å². The Bertz CT molecular complexity index is 671. The fraction of sp³-hybridized carbons (Fsp3) is 0.231. The molecule has 0 saturated carbocycles. The van der Waals surface area contributed by atoms with Gasteiger partial charge in [-0.15, -0.1) is 11.3 Å². The van der Waals surface area contributed by atoms with E-state index in [1.807, 2.05) is 19.2 Å². The van der Waals surface area contributed by atoms with Gasteiger partial charge in [0.05, 0.1) is 11.9 Å². The summed E-state index contributed by atoms with van der Waals surface area (Å²) in [5, 5.41) is 25.0. The Morgan fingerprint density at radius 3 is 2.79 bits per heavy atom. The molecule has 19 heavy (non-hydrogen) atoms. The molecule has 1 aromatic carbocycles. The lowest BCUT2D eigenvalue weighted by molar-refractivity contribution is 0.403. The predicted molar refractivity (Wildman–Crippen MR) is 75.9 cm³/mol. The van der Waals surface area contributed by atoms with Crippen molar-refractivity contribution in [2.45, 2.75) is 13.8 Å². The van der Waals surface area contributed by atoms with Crippen LogP contribution in [0.1, 0.15) is 18.2 Å². The number of thiazole rings is 1. The van der Waals surface area contributed by atoms with Crippen LogP contribution in [0.4, 0.5) is 0 Å². The van der Waals surface area contributed by atoms with Gasteiger partial charge in [0.2, 0.25) is 4.80 Å². The molecule has 0 fully saturated rings. The van der Waals surface area contributed by atoms with E-state index >= 15 is 0 Å². The summed E-state index contributed by atoms with van der Waals surface area (Å²) in [6, 6.07) is 4.56. The van der Waals surface area contributed by atoms with Gasteiger partial charge in [0.25, 0.3) is 0 Å². The Kier molecular flexibility index (Phi) is 4.01. The maximum atomic E-state index is 9.42. The number of aromatic hydroxyl groups is 2. The number of benzene rings is 1. The summed E-state index contributed by atoms with van der Waals surface area (Å²) in [6.07, 6.45) is 1.62. The number of nitrogens with zero attached hydrogens (tertiary/aromatic N) is 3. The number of phenolic OH excluding ortho intramolecular Hbond substituents is 2. The molecule has 1 aromatic heterocycles. The van der Waals surface area contributed by atoms with Crippen LogP contribution in [0.2, 0.25) is 0 Å². The van der Waals surface area contributed by atoms with E-state index in [-0.39, 0.29) is 11.5 Å². The molecule has 0 atom stereocenters. The molecule has 0 aliphatic rings. The van der Waals surface area contributed by atoms with Gasteiger partial charge in [-0.1, -0.05) is 0 Å². The molecule has 0 aliphatic carbocycles. The summed E-state index contributed by atoms with van der Waals surface area (Å²) in [6.45, 7) is 4.63. The topological polar surface area (TPSA) is 70.1 Å². The van der Waals surface area contributed by atoms with E-state index in [9.17, 15) is 10.2 Å². The first-order chi connectivity index (χ1) is 9.11. The monoisotopic (exact) mass is 277 g/mol. The first kappa shape index (κ1) is 13.4. The minimum absolute atomic E-state index is 0.141. The third-order valence-electron chi connectivity index (χ3n) is 2.47. The zero-order valence-corrected chi connectivity index (χ0v) is 11.6. The van der Waals surface area contributed by atoms with Gasteiger partial charge < -0.3 is 10.2 Å². The molecule has 1 heterocycles. The smallest absolute Gasteiger partial charge is 0.205 e. The average molecular weight is 277 g/mol. The van der Waals surface area contributed by atoms with Crippen molar-refractivity contribution in [1.82, 2.24) is 4.68 Å². The van der Waals surface area contributed by atoms with Crippen LogP contribution >= 0.6 is 11.3 Å². The third-order valence-corrected chi connectivity index (χ3v) is 3.44. The Hall–Kier alpha value is -2.08. The number of aromatic nitrogens is 1. The lowest BCUT2D eigenvalue weighted by Crippen LogP contribution is -2.12. The summed E-state index contributed by atoms with van der Waals surface area (Å²) < 4.78 is 1.75. The first-order valence-corrected chi connectivity index (χ1v) is 6.73. The minimum atomic E-state index is -0.158. The number of aryl methyl sites for hydroxylation is 1. The molecule has 0 aliphatic heterocycles. The van der Waals surface area contributed by atoms with Crippen LogP contribution < -0.4 is 4.80 Å². The molecule has 2 N–H and O–H groups in total. The Morgan fingerprint density at radius 1 is 1.32 bits per heavy atom. The van der Waals surface area contributed by atoms with Gasteiger partial charge in [-0.05, 0) is 37.6 Å². The van der Waals surface area contributed by atoms with E-state index < -0.39 is 0 Å². The van der Waals surface area contributed by atoms with Crippen molar-refractivity contribution in [2.75, 3.05) is 6.54 Å². The maximum Gasteiger partial charge on any atom is 0.205 e. The normalized spacial score (nSPS) is 12.4. The SMILES string of the molecule is CCN=c1scc(C)n1N=Cc1ccc(O)c(O)c1. The fourth-order valence-corrected chi connectivity index (χ4v) is 2.38. The van der Waals surface area contributed by atoms with Gasteiger partial charge >= 0.3 is 0 Å². The van der Waals surface area contributed by atoms with Crippen LogP contribution in [-0.2, 0) is 0 Å². The van der Waals surface area contributed by atoms with Gasteiger partial charge in [-0.25, -0.2) is 4.68 Å². The van der Waals surface area contributed by atoms with E-state index in [0.717, 1.165) is 10.5 Å². The standard InChI is InChI=1S/C13H15N3O2S/c1-3-14-13-16(9(2)8-19-13)15-7-10-4-5-11(17)12(18)6-10/h4-8,17-18H,3H2,1-2H3. The van der Waals surface area contributed by atoms with Crippen LogP contribution in [0.5, 0.6) is 11.5 Å². The van der Waals surface area contributed by atoms with Crippen LogP contribution in [-0.4, -0.2) is 27.6 Å². The molecule has 5 nitrogen and oxygen atoms in total. The third kappa shape index (κ3) is 3.03. The zero-order valence-electron chi connectivity index (χ0n) is 10.7. The highest BCUT2D eigenvalue weighted by Crippen LogP contribution is 2.23. The number of phenols is 2. The van der Waals surface area contributed by atoms with Crippen LogP contribution in [0.15, 0.2) is 33.7 Å². The number of rotatable bonds is 3. The molecule has 0 saturated heterocycles. The highest BCUT2D eigenvalue weighted by molar-refractivity contribution is 7.07. The van der Waals surface area contributed by atoms with Crippen LogP contribution in [0, 0.1) is 6.92 Å². The molecule has 6 heteroatoms. The lowest BCUT2D eigenvalue weighted by atomic mass is 10.2. The molecule has 2 rings (SSSR count). The van der Waals surface area contributed by atoms with E-state index in [0.29, 0.717) is 12.1 Å². The molecule has 0 amide bonds. The van der Waals surface area contributed by atoms with Crippen molar-refractivity contribution in [3.63, 3.8) is 0 Å². The Balaban J connectivity index is 2.35. The van der Waals surface area contributed by atoms with Gasteiger partial charge in [0.15, 0.2) is 11.5 Å². The summed E-state index contributed by atoms with van der Waals surface area (Å²) in [4.78, 5) is 5.18. The van der Waals surface area contributed by atoms with Crippen molar-refractivity contribution < 1.29 is 10.2 Å². The Labute approximate surface area is 114 Å². The molecule has 0 bridgehead atoms. The summed E-state index contributed by atoms with van der Waals surface area (Å²) in [7, 11) is 0. The highest BCUT2D eigenvalue weighted by atomic mass is 32.1. The second-order valence-electron chi connectivity index (χ2n) is 3.94.